The number of anilines is 2. The SMILES string of the molecule is CC1(C)c2cc(-c3ccccc3)ccc2-c2c3c(c4c(c21)C=CC(c1ccc(N2CCCC2)cc1)(c1ccc(N2CCCC2)cc1)O4)C=C=CC=C3. The monoisotopic (exact) mass is 676 g/mol. The molecule has 10 rings (SSSR count). The predicted octanol–water partition coefficient (Wildman–Crippen LogP) is 11.4. The van der Waals surface area contributed by atoms with Crippen molar-refractivity contribution in [3.05, 3.63) is 160 Å². The lowest BCUT2D eigenvalue weighted by Gasteiger charge is -2.39. The summed E-state index contributed by atoms with van der Waals surface area (Å²) in [6, 6.07) is 36.2. The van der Waals surface area contributed by atoms with E-state index >= 15 is 0 Å². The third-order valence-corrected chi connectivity index (χ3v) is 12.2. The Kier molecular flexibility index (Phi) is 7.24. The Labute approximate surface area is 307 Å². The van der Waals surface area contributed by atoms with Crippen LogP contribution in [-0.4, -0.2) is 26.2 Å². The van der Waals surface area contributed by atoms with Gasteiger partial charge in [0.15, 0.2) is 5.60 Å². The second-order valence-corrected chi connectivity index (χ2v) is 15.6. The minimum absolute atomic E-state index is 0.242. The normalized spacial score (nSPS) is 18.5. The van der Waals surface area contributed by atoms with Gasteiger partial charge in [0.25, 0.3) is 0 Å². The highest BCUT2D eigenvalue weighted by Crippen LogP contribution is 2.58. The van der Waals surface area contributed by atoms with E-state index in [1.807, 2.05) is 6.08 Å². The third-order valence-electron chi connectivity index (χ3n) is 12.2. The van der Waals surface area contributed by atoms with Crippen molar-refractivity contribution in [3.63, 3.8) is 0 Å². The van der Waals surface area contributed by atoms with E-state index in [-0.39, 0.29) is 5.41 Å². The molecule has 0 unspecified atom stereocenters. The molecule has 0 N–H and O–H groups in total. The standard InChI is InChI=1S/C49H44N2O/c1-48(2)44-33-35(34-13-5-3-6-14-34)17-26-42(44)45-40-15-7-4-8-16-41(40)47-43(46(45)48)27-28-49(52-47,36-18-22-38(23-19-36)50-29-9-10-30-50)37-20-24-39(25-21-37)51-31-11-12-32-51/h3-7,13-28,33H,9-12,29-32H2,1-2H3. The van der Waals surface area contributed by atoms with Gasteiger partial charge in [0.05, 0.1) is 0 Å². The first-order valence-electron chi connectivity index (χ1n) is 19.1. The Morgan fingerprint density at radius 3 is 1.90 bits per heavy atom. The molecular formula is C49H44N2O. The van der Waals surface area contributed by atoms with Crippen LogP contribution in [0, 0.1) is 0 Å². The van der Waals surface area contributed by atoms with E-state index < -0.39 is 5.60 Å². The van der Waals surface area contributed by atoms with Crippen molar-refractivity contribution < 1.29 is 4.74 Å². The van der Waals surface area contributed by atoms with Crippen molar-refractivity contribution in [2.24, 2.45) is 0 Å². The van der Waals surface area contributed by atoms with E-state index in [2.05, 4.69) is 157 Å². The fraction of sp³-hybridized carbons (Fsp3) is 0.245. The molecule has 3 nitrogen and oxygen atoms in total. The summed E-state index contributed by atoms with van der Waals surface area (Å²) < 4.78 is 7.65. The van der Waals surface area contributed by atoms with Crippen molar-refractivity contribution in [2.45, 2.75) is 50.5 Å². The molecule has 0 amide bonds. The van der Waals surface area contributed by atoms with Gasteiger partial charge in [0, 0.05) is 65.2 Å². The van der Waals surface area contributed by atoms with E-state index in [1.54, 1.807) is 0 Å². The van der Waals surface area contributed by atoms with Gasteiger partial charge < -0.3 is 14.5 Å². The van der Waals surface area contributed by atoms with E-state index in [0.717, 1.165) is 48.6 Å². The van der Waals surface area contributed by atoms with Crippen LogP contribution in [0.4, 0.5) is 11.4 Å². The van der Waals surface area contributed by atoms with Crippen molar-refractivity contribution in [2.75, 3.05) is 36.0 Å². The minimum atomic E-state index is -0.800. The van der Waals surface area contributed by atoms with Crippen LogP contribution in [0.25, 0.3) is 40.5 Å². The highest BCUT2D eigenvalue weighted by molar-refractivity contribution is 5.97. The first-order valence-corrected chi connectivity index (χ1v) is 19.1. The zero-order chi connectivity index (χ0) is 34.9. The molecule has 2 fully saturated rings. The van der Waals surface area contributed by atoms with Crippen molar-refractivity contribution >= 4 is 29.6 Å². The van der Waals surface area contributed by atoms with Crippen LogP contribution in [-0.2, 0) is 11.0 Å². The molecule has 0 aromatic heterocycles. The molecule has 256 valence electrons. The van der Waals surface area contributed by atoms with Gasteiger partial charge in [-0.1, -0.05) is 98.8 Å². The number of hydrogen-bond acceptors (Lipinski definition) is 3. The quantitative estimate of drug-likeness (QED) is 0.172. The Hall–Kier alpha value is -5.50. The number of rotatable bonds is 5. The number of fused-ring (bicyclic) bond motifs is 8. The summed E-state index contributed by atoms with van der Waals surface area (Å²) in [5, 5.41) is 0. The second kappa shape index (κ2) is 12.0. The summed E-state index contributed by atoms with van der Waals surface area (Å²) in [5.41, 5.74) is 18.5. The van der Waals surface area contributed by atoms with Crippen LogP contribution in [0.1, 0.15) is 78.5 Å². The van der Waals surface area contributed by atoms with Gasteiger partial charge in [-0.25, -0.2) is 0 Å². The number of hydrogen-bond donors (Lipinski definition) is 0. The van der Waals surface area contributed by atoms with Crippen molar-refractivity contribution in [1.29, 1.82) is 0 Å². The number of ether oxygens (including phenoxy) is 1. The van der Waals surface area contributed by atoms with Crippen LogP contribution >= 0.6 is 0 Å². The Balaban J connectivity index is 1.16. The van der Waals surface area contributed by atoms with Crippen LogP contribution in [0.15, 0.2) is 121 Å². The van der Waals surface area contributed by atoms with Gasteiger partial charge in [-0.05, 0) is 113 Å². The summed E-state index contributed by atoms with van der Waals surface area (Å²) in [4.78, 5) is 5.01. The largest absolute Gasteiger partial charge is 0.472 e. The summed E-state index contributed by atoms with van der Waals surface area (Å²) >= 11 is 0. The fourth-order valence-electron chi connectivity index (χ4n) is 9.52. The first-order chi connectivity index (χ1) is 25.5. The van der Waals surface area contributed by atoms with Crippen LogP contribution < -0.4 is 14.5 Å². The first kappa shape index (κ1) is 31.3. The van der Waals surface area contributed by atoms with Crippen LogP contribution in [0.5, 0.6) is 5.75 Å². The predicted molar refractivity (Wildman–Crippen MR) is 217 cm³/mol. The fourth-order valence-corrected chi connectivity index (χ4v) is 9.52. The van der Waals surface area contributed by atoms with Crippen molar-refractivity contribution in [3.8, 4) is 28.0 Å². The molecule has 5 aromatic rings. The van der Waals surface area contributed by atoms with Gasteiger partial charge in [0.2, 0.25) is 0 Å². The highest BCUT2D eigenvalue weighted by atomic mass is 16.5. The maximum Gasteiger partial charge on any atom is 0.178 e. The molecule has 2 saturated heterocycles. The summed E-state index contributed by atoms with van der Waals surface area (Å²) in [5.74, 6) is 0.931. The summed E-state index contributed by atoms with van der Waals surface area (Å²) in [6.07, 6.45) is 18.3. The molecule has 0 saturated carbocycles. The third kappa shape index (κ3) is 4.80. The molecule has 3 heterocycles. The smallest absolute Gasteiger partial charge is 0.178 e. The zero-order valence-electron chi connectivity index (χ0n) is 30.2. The van der Waals surface area contributed by atoms with Gasteiger partial charge in [-0.3, -0.25) is 0 Å². The van der Waals surface area contributed by atoms with Gasteiger partial charge in [-0.2, -0.15) is 0 Å². The molecule has 3 aliphatic heterocycles. The van der Waals surface area contributed by atoms with Crippen LogP contribution in [0.2, 0.25) is 0 Å². The van der Waals surface area contributed by atoms with Crippen molar-refractivity contribution in [1.82, 2.24) is 0 Å². The Bertz CT molecular complexity index is 2260. The van der Waals surface area contributed by atoms with Gasteiger partial charge in [-0.15, -0.1) is 5.73 Å². The summed E-state index contributed by atoms with van der Waals surface area (Å²) in [6.45, 7) is 9.28. The minimum Gasteiger partial charge on any atom is -0.472 e. The number of allylic oxidation sites excluding steroid dienone is 2. The summed E-state index contributed by atoms with van der Waals surface area (Å²) in [7, 11) is 0. The molecule has 0 atom stereocenters. The molecule has 5 aliphatic rings. The van der Waals surface area contributed by atoms with E-state index in [1.165, 1.54) is 81.6 Å². The number of benzene rings is 5. The highest BCUT2D eigenvalue weighted by Gasteiger charge is 2.45. The molecule has 52 heavy (non-hydrogen) atoms. The lowest BCUT2D eigenvalue weighted by atomic mass is 9.76. The molecule has 0 bridgehead atoms. The number of nitrogens with zero attached hydrogens (tertiary/aromatic N) is 2. The maximum absolute atomic E-state index is 7.65. The maximum atomic E-state index is 7.65. The van der Waals surface area contributed by atoms with E-state index in [4.69, 9.17) is 4.74 Å². The Morgan fingerprint density at radius 1 is 0.635 bits per heavy atom. The topological polar surface area (TPSA) is 15.7 Å². The molecule has 2 aliphatic carbocycles. The van der Waals surface area contributed by atoms with Crippen LogP contribution in [0.3, 0.4) is 0 Å². The van der Waals surface area contributed by atoms with E-state index in [0.29, 0.717) is 0 Å². The zero-order valence-corrected chi connectivity index (χ0v) is 30.2. The average molecular weight is 677 g/mol. The molecular weight excluding hydrogens is 633 g/mol. The van der Waals surface area contributed by atoms with E-state index in [9.17, 15) is 0 Å². The second-order valence-electron chi connectivity index (χ2n) is 15.6. The molecule has 0 radical (unpaired) electrons. The molecule has 0 spiro atoms. The molecule has 3 heteroatoms. The van der Waals surface area contributed by atoms with Gasteiger partial charge in [0.1, 0.15) is 5.75 Å². The van der Waals surface area contributed by atoms with Gasteiger partial charge >= 0.3 is 0 Å². The lowest BCUT2D eigenvalue weighted by Crippen LogP contribution is -2.35. The lowest BCUT2D eigenvalue weighted by molar-refractivity contribution is 0.160. The average Bonchev–Trinajstić information content (AvgIpc) is 3.94. The molecule has 5 aromatic carbocycles. The Morgan fingerprint density at radius 2 is 1.27 bits per heavy atom.